The average Bonchev–Trinajstić information content (AvgIpc) is 3.07. The average molecular weight is 376 g/mol. The van der Waals surface area contributed by atoms with Crippen LogP contribution in [0, 0.1) is 11.6 Å². The van der Waals surface area contributed by atoms with Gasteiger partial charge in [-0.15, -0.1) is 0 Å². The number of ether oxygens (including phenoxy) is 1. The summed E-state index contributed by atoms with van der Waals surface area (Å²) in [6, 6.07) is 3.42. The van der Waals surface area contributed by atoms with E-state index < -0.39 is 11.6 Å². The van der Waals surface area contributed by atoms with Crippen molar-refractivity contribution < 1.29 is 18.3 Å². The minimum atomic E-state index is -0.474. The van der Waals surface area contributed by atoms with Gasteiger partial charge in [0.25, 0.3) is 5.91 Å². The van der Waals surface area contributed by atoms with E-state index in [1.54, 1.807) is 9.80 Å². The van der Waals surface area contributed by atoms with Gasteiger partial charge in [-0.05, 0) is 26.0 Å². The van der Waals surface area contributed by atoms with Gasteiger partial charge in [-0.2, -0.15) is 5.10 Å². The first kappa shape index (κ1) is 17.9. The fourth-order valence-electron chi connectivity index (χ4n) is 3.88. The molecule has 6 nitrogen and oxygen atoms in total. The molecule has 1 amide bonds. The largest absolute Gasteiger partial charge is 0.369 e. The lowest BCUT2D eigenvalue weighted by Gasteiger charge is -2.36. The zero-order valence-electron chi connectivity index (χ0n) is 15.3. The van der Waals surface area contributed by atoms with Crippen molar-refractivity contribution in [3.8, 4) is 0 Å². The molecule has 2 atom stereocenters. The van der Waals surface area contributed by atoms with E-state index in [-0.39, 0.29) is 23.8 Å². The highest BCUT2D eigenvalue weighted by atomic mass is 19.1. The minimum absolute atomic E-state index is 0.0319. The third-order valence-corrected chi connectivity index (χ3v) is 5.25. The summed E-state index contributed by atoms with van der Waals surface area (Å²) in [7, 11) is 0. The third-order valence-electron chi connectivity index (χ3n) is 5.25. The van der Waals surface area contributed by atoms with E-state index in [0.29, 0.717) is 38.3 Å². The standard InChI is InChI=1S/C19H22F2N4O2/c1-11-9-14-17(12(2)27-11)22-23-18(14)19(26)25-7-5-24(6-8-25)16-10-13(20)3-4-15(16)21/h3-4,10-12H,5-9H2,1-2H3,(H,22,23)/t11-,12+/m1/s1. The topological polar surface area (TPSA) is 61.5 Å². The van der Waals surface area contributed by atoms with Crippen LogP contribution in [0.1, 0.15) is 41.7 Å². The molecule has 144 valence electrons. The quantitative estimate of drug-likeness (QED) is 0.876. The van der Waals surface area contributed by atoms with Gasteiger partial charge in [0.05, 0.1) is 23.6 Å². The highest BCUT2D eigenvalue weighted by Gasteiger charge is 2.32. The number of hydrogen-bond donors (Lipinski definition) is 1. The van der Waals surface area contributed by atoms with Crippen LogP contribution in [0.5, 0.6) is 0 Å². The van der Waals surface area contributed by atoms with Crippen LogP contribution in [-0.4, -0.2) is 53.3 Å². The summed E-state index contributed by atoms with van der Waals surface area (Å²) < 4.78 is 33.2. The fraction of sp³-hybridized carbons (Fsp3) is 0.474. The predicted octanol–water partition coefficient (Wildman–Crippen LogP) is 2.67. The number of nitrogens with one attached hydrogen (secondary N) is 1. The molecular formula is C19H22F2N4O2. The Balaban J connectivity index is 1.48. The molecule has 27 heavy (non-hydrogen) atoms. The highest BCUT2D eigenvalue weighted by molar-refractivity contribution is 5.94. The third kappa shape index (κ3) is 3.29. The Morgan fingerprint density at radius 3 is 2.70 bits per heavy atom. The van der Waals surface area contributed by atoms with Crippen molar-refractivity contribution in [2.24, 2.45) is 0 Å². The van der Waals surface area contributed by atoms with Crippen LogP contribution in [0.15, 0.2) is 18.2 Å². The van der Waals surface area contributed by atoms with E-state index in [1.807, 2.05) is 13.8 Å². The van der Waals surface area contributed by atoms with Gasteiger partial charge >= 0.3 is 0 Å². The first-order chi connectivity index (χ1) is 12.9. The molecule has 0 bridgehead atoms. The highest BCUT2D eigenvalue weighted by Crippen LogP contribution is 2.31. The molecular weight excluding hydrogens is 354 g/mol. The number of rotatable bonds is 2. The Kier molecular flexibility index (Phi) is 4.59. The lowest BCUT2D eigenvalue weighted by Crippen LogP contribution is -2.49. The maximum atomic E-state index is 14.0. The van der Waals surface area contributed by atoms with Crippen LogP contribution < -0.4 is 4.90 Å². The van der Waals surface area contributed by atoms with E-state index in [4.69, 9.17) is 4.74 Å². The minimum Gasteiger partial charge on any atom is -0.369 e. The van der Waals surface area contributed by atoms with Crippen LogP contribution in [0.3, 0.4) is 0 Å². The number of halogens is 2. The van der Waals surface area contributed by atoms with Crippen molar-refractivity contribution in [3.63, 3.8) is 0 Å². The maximum Gasteiger partial charge on any atom is 0.274 e. The molecule has 3 heterocycles. The number of hydrogen-bond acceptors (Lipinski definition) is 4. The molecule has 1 saturated heterocycles. The Bertz CT molecular complexity index is 861. The summed E-state index contributed by atoms with van der Waals surface area (Å²) >= 11 is 0. The number of fused-ring (bicyclic) bond motifs is 1. The molecule has 1 aromatic carbocycles. The summed E-state index contributed by atoms with van der Waals surface area (Å²) in [5.41, 5.74) is 2.46. The maximum absolute atomic E-state index is 14.0. The van der Waals surface area contributed by atoms with Gasteiger partial charge in [-0.25, -0.2) is 8.78 Å². The second-order valence-corrected chi connectivity index (χ2v) is 7.13. The van der Waals surface area contributed by atoms with Crippen molar-refractivity contribution >= 4 is 11.6 Å². The number of anilines is 1. The molecule has 1 N–H and O–H groups in total. The molecule has 2 aromatic rings. The van der Waals surface area contributed by atoms with Gasteiger partial charge < -0.3 is 14.5 Å². The van der Waals surface area contributed by atoms with Crippen LogP contribution in [0.25, 0.3) is 0 Å². The van der Waals surface area contributed by atoms with E-state index in [9.17, 15) is 13.6 Å². The summed E-state index contributed by atoms with van der Waals surface area (Å²) in [6.07, 6.45) is 0.557. The summed E-state index contributed by atoms with van der Waals surface area (Å²) in [6.45, 7) is 5.65. The number of H-pyrrole nitrogens is 1. The number of amides is 1. The Morgan fingerprint density at radius 1 is 1.22 bits per heavy atom. The van der Waals surface area contributed by atoms with Crippen molar-refractivity contribution in [1.29, 1.82) is 0 Å². The molecule has 1 aromatic heterocycles. The van der Waals surface area contributed by atoms with Crippen molar-refractivity contribution in [2.45, 2.75) is 32.5 Å². The molecule has 0 unspecified atom stereocenters. The number of benzene rings is 1. The summed E-state index contributed by atoms with van der Waals surface area (Å²) in [5.74, 6) is -1.06. The predicted molar refractivity (Wildman–Crippen MR) is 95.7 cm³/mol. The first-order valence-corrected chi connectivity index (χ1v) is 9.16. The molecule has 2 aliphatic heterocycles. The van der Waals surface area contributed by atoms with Gasteiger partial charge in [-0.1, -0.05) is 0 Å². The molecule has 8 heteroatoms. The van der Waals surface area contributed by atoms with E-state index in [1.165, 1.54) is 6.07 Å². The fourth-order valence-corrected chi connectivity index (χ4v) is 3.88. The van der Waals surface area contributed by atoms with Crippen LogP contribution in [0.2, 0.25) is 0 Å². The summed E-state index contributed by atoms with van der Waals surface area (Å²) in [4.78, 5) is 16.4. The Labute approximate surface area is 156 Å². The van der Waals surface area contributed by atoms with E-state index >= 15 is 0 Å². The van der Waals surface area contributed by atoms with Gasteiger partial charge in [0.1, 0.15) is 11.6 Å². The van der Waals surface area contributed by atoms with Gasteiger partial charge in [-0.3, -0.25) is 9.89 Å². The zero-order valence-corrected chi connectivity index (χ0v) is 15.3. The number of aromatic amines is 1. The van der Waals surface area contributed by atoms with Crippen molar-refractivity contribution in [1.82, 2.24) is 15.1 Å². The summed E-state index contributed by atoms with van der Waals surface area (Å²) in [5, 5.41) is 7.18. The zero-order chi connectivity index (χ0) is 19.1. The molecule has 4 rings (SSSR count). The van der Waals surface area contributed by atoms with Crippen LogP contribution in [0.4, 0.5) is 14.5 Å². The van der Waals surface area contributed by atoms with E-state index in [0.717, 1.165) is 23.4 Å². The Morgan fingerprint density at radius 2 is 1.96 bits per heavy atom. The lowest BCUT2D eigenvalue weighted by atomic mass is 9.99. The second kappa shape index (κ2) is 6.92. The number of piperazine rings is 1. The van der Waals surface area contributed by atoms with Gasteiger partial charge in [0, 0.05) is 44.2 Å². The molecule has 0 spiro atoms. The Hall–Kier alpha value is -2.48. The normalized spacial score (nSPS) is 22.7. The number of nitrogens with zero attached hydrogens (tertiary/aromatic N) is 3. The lowest BCUT2D eigenvalue weighted by molar-refractivity contribution is -0.00702. The SMILES string of the molecule is C[C@@H]1Cc2c(C(=O)N3CCN(c4cc(F)ccc4F)CC3)n[nH]c2[C@H](C)O1. The molecule has 0 radical (unpaired) electrons. The number of aromatic nitrogens is 2. The molecule has 2 aliphatic rings. The van der Waals surface area contributed by atoms with Gasteiger partial charge in [0.15, 0.2) is 5.69 Å². The smallest absolute Gasteiger partial charge is 0.274 e. The van der Waals surface area contributed by atoms with E-state index in [2.05, 4.69) is 10.2 Å². The van der Waals surface area contributed by atoms with Crippen molar-refractivity contribution in [2.75, 3.05) is 31.1 Å². The van der Waals surface area contributed by atoms with Crippen LogP contribution in [-0.2, 0) is 11.2 Å². The van der Waals surface area contributed by atoms with Crippen LogP contribution >= 0.6 is 0 Å². The second-order valence-electron chi connectivity index (χ2n) is 7.13. The van der Waals surface area contributed by atoms with Gasteiger partial charge in [0.2, 0.25) is 0 Å². The molecule has 0 aliphatic carbocycles. The number of carbonyl (C=O) groups is 1. The molecule has 1 fully saturated rings. The first-order valence-electron chi connectivity index (χ1n) is 9.16. The number of carbonyl (C=O) groups excluding carboxylic acids is 1. The monoisotopic (exact) mass is 376 g/mol. The van der Waals surface area contributed by atoms with Crippen molar-refractivity contribution in [3.05, 3.63) is 46.8 Å². The molecule has 0 saturated carbocycles.